The standard InChI is InChI=1S/C3H4BN3O2/c1-4-7-2(8)5-6-3(7)9/h4H,1H3. The highest BCUT2D eigenvalue weighted by Gasteiger charge is 2.24. The van der Waals surface area contributed by atoms with Crippen molar-refractivity contribution < 1.29 is 9.59 Å². The third kappa shape index (κ3) is 0.824. The predicted molar refractivity (Wildman–Crippen MR) is 30.5 cm³/mol. The zero-order valence-corrected chi connectivity index (χ0v) is 4.87. The van der Waals surface area contributed by atoms with E-state index in [2.05, 4.69) is 10.2 Å². The number of hydrogen-bond donors (Lipinski definition) is 0. The number of urea groups is 2. The van der Waals surface area contributed by atoms with Crippen LogP contribution < -0.4 is 0 Å². The molecule has 0 unspecified atom stereocenters. The highest BCUT2D eigenvalue weighted by molar-refractivity contribution is 6.41. The number of carbonyl (C=O) groups is 2. The van der Waals surface area contributed by atoms with Gasteiger partial charge in [-0.25, -0.2) is 9.59 Å². The minimum atomic E-state index is -0.567. The minimum Gasteiger partial charge on any atom is -0.291 e. The lowest BCUT2D eigenvalue weighted by atomic mass is 9.97. The van der Waals surface area contributed by atoms with E-state index in [9.17, 15) is 9.59 Å². The average Bonchev–Trinajstić information content (AvgIpc) is 2.12. The Balaban J connectivity index is 2.75. The number of nitrogens with zero attached hydrogens (tertiary/aromatic N) is 3. The molecule has 0 aromatic carbocycles. The van der Waals surface area contributed by atoms with E-state index < -0.39 is 12.1 Å². The van der Waals surface area contributed by atoms with Crippen molar-refractivity contribution >= 4 is 19.5 Å². The second kappa shape index (κ2) is 1.96. The molecule has 46 valence electrons. The van der Waals surface area contributed by atoms with E-state index >= 15 is 0 Å². The summed E-state index contributed by atoms with van der Waals surface area (Å²) in [6.07, 6.45) is 0. The first-order valence-corrected chi connectivity index (χ1v) is 2.53. The zero-order valence-electron chi connectivity index (χ0n) is 4.87. The number of hydrogen-bond acceptors (Lipinski definition) is 2. The molecule has 0 saturated carbocycles. The lowest BCUT2D eigenvalue weighted by Gasteiger charge is -2.02. The predicted octanol–water partition coefficient (Wildman–Crippen LogP) is 0.394. The highest BCUT2D eigenvalue weighted by Crippen LogP contribution is 2.03. The molecule has 0 N–H and O–H groups in total. The van der Waals surface area contributed by atoms with Crippen molar-refractivity contribution in [2.45, 2.75) is 6.82 Å². The van der Waals surface area contributed by atoms with Gasteiger partial charge in [-0.1, -0.05) is 17.1 Å². The molecule has 0 aliphatic carbocycles. The van der Waals surface area contributed by atoms with Crippen LogP contribution in [-0.4, -0.2) is 24.3 Å². The van der Waals surface area contributed by atoms with Crippen LogP contribution in [-0.2, 0) is 0 Å². The molecule has 1 aliphatic heterocycles. The van der Waals surface area contributed by atoms with Gasteiger partial charge in [0.2, 0.25) is 0 Å². The van der Waals surface area contributed by atoms with E-state index in [4.69, 9.17) is 0 Å². The van der Waals surface area contributed by atoms with Crippen molar-refractivity contribution in [1.82, 2.24) is 4.81 Å². The molecule has 0 aromatic heterocycles. The first kappa shape index (κ1) is 5.93. The van der Waals surface area contributed by atoms with Gasteiger partial charge < -0.3 is 0 Å². The zero-order chi connectivity index (χ0) is 6.85. The number of rotatable bonds is 1. The largest absolute Gasteiger partial charge is 0.357 e. The van der Waals surface area contributed by atoms with Gasteiger partial charge in [0.05, 0.1) is 0 Å². The van der Waals surface area contributed by atoms with Crippen molar-refractivity contribution in [1.29, 1.82) is 0 Å². The minimum absolute atomic E-state index is 0.338. The lowest BCUT2D eigenvalue weighted by Crippen LogP contribution is -2.29. The molecule has 1 heterocycles. The van der Waals surface area contributed by atoms with E-state index in [1.165, 1.54) is 0 Å². The van der Waals surface area contributed by atoms with Crippen LogP contribution in [0.5, 0.6) is 0 Å². The summed E-state index contributed by atoms with van der Waals surface area (Å²) in [5, 5.41) is 6.06. The fraction of sp³-hybridized carbons (Fsp3) is 0.333. The van der Waals surface area contributed by atoms with Crippen LogP contribution in [0.1, 0.15) is 0 Å². The first-order chi connectivity index (χ1) is 4.25. The molecule has 1 rings (SSSR count). The first-order valence-electron chi connectivity index (χ1n) is 2.53. The molecule has 1 aliphatic rings. The quantitative estimate of drug-likeness (QED) is 0.476. The van der Waals surface area contributed by atoms with Gasteiger partial charge in [-0.05, 0) is 0 Å². The van der Waals surface area contributed by atoms with Crippen molar-refractivity contribution in [3.63, 3.8) is 0 Å². The van der Waals surface area contributed by atoms with Gasteiger partial charge in [-0.15, -0.1) is 0 Å². The smallest absolute Gasteiger partial charge is 0.291 e. The Kier molecular flexibility index (Phi) is 1.29. The molecule has 0 aromatic rings. The molecule has 4 amide bonds. The van der Waals surface area contributed by atoms with Crippen LogP contribution in [0.4, 0.5) is 9.59 Å². The van der Waals surface area contributed by atoms with Gasteiger partial charge >= 0.3 is 12.1 Å². The normalized spacial score (nSPS) is 17.2. The van der Waals surface area contributed by atoms with Crippen LogP contribution in [0.15, 0.2) is 10.2 Å². The lowest BCUT2D eigenvalue weighted by molar-refractivity contribution is 0.225. The number of carbonyl (C=O) groups excluding carboxylic acids is 2. The topological polar surface area (TPSA) is 62.1 Å². The molecule has 0 radical (unpaired) electrons. The Morgan fingerprint density at radius 3 is 2.00 bits per heavy atom. The van der Waals surface area contributed by atoms with Crippen LogP contribution in [0, 0.1) is 0 Å². The summed E-state index contributed by atoms with van der Waals surface area (Å²) in [5.41, 5.74) is 0. The fourth-order valence-corrected chi connectivity index (χ4v) is 0.546. The van der Waals surface area contributed by atoms with Gasteiger partial charge in [-0.3, -0.25) is 4.81 Å². The van der Waals surface area contributed by atoms with Gasteiger partial charge in [0.1, 0.15) is 0 Å². The van der Waals surface area contributed by atoms with Crippen molar-refractivity contribution in [3.05, 3.63) is 0 Å². The van der Waals surface area contributed by atoms with E-state index in [1.54, 1.807) is 6.82 Å². The Morgan fingerprint density at radius 2 is 1.78 bits per heavy atom. The maximum absolute atomic E-state index is 10.5. The van der Waals surface area contributed by atoms with E-state index in [1.807, 2.05) is 0 Å². The fourth-order valence-electron chi connectivity index (χ4n) is 0.546. The molecule has 0 atom stereocenters. The summed E-state index contributed by atoms with van der Waals surface area (Å²) in [7, 11) is 0.338. The molecular formula is C3H4BN3O2. The maximum atomic E-state index is 10.5. The third-order valence-electron chi connectivity index (χ3n) is 0.999. The Morgan fingerprint density at radius 1 is 1.33 bits per heavy atom. The molecule has 0 bridgehead atoms. The second-order valence-corrected chi connectivity index (χ2v) is 1.51. The summed E-state index contributed by atoms with van der Waals surface area (Å²) < 4.78 is 0. The molecule has 6 heteroatoms. The summed E-state index contributed by atoms with van der Waals surface area (Å²) >= 11 is 0. The molecular weight excluding hydrogens is 121 g/mol. The van der Waals surface area contributed by atoms with Crippen LogP contribution in [0.2, 0.25) is 6.82 Å². The van der Waals surface area contributed by atoms with Crippen molar-refractivity contribution in [2.75, 3.05) is 0 Å². The highest BCUT2D eigenvalue weighted by atomic mass is 16.2. The summed E-state index contributed by atoms with van der Waals surface area (Å²) in [4.78, 5) is 21.9. The number of imide groups is 1. The van der Waals surface area contributed by atoms with Gasteiger partial charge in [0, 0.05) is 0 Å². The SMILES string of the molecule is CBN1C(=O)N=NC1=O. The van der Waals surface area contributed by atoms with Gasteiger partial charge in [0.15, 0.2) is 0 Å². The molecule has 9 heavy (non-hydrogen) atoms. The third-order valence-corrected chi connectivity index (χ3v) is 0.999. The van der Waals surface area contributed by atoms with E-state index in [0.717, 1.165) is 4.81 Å². The van der Waals surface area contributed by atoms with E-state index in [-0.39, 0.29) is 0 Å². The van der Waals surface area contributed by atoms with E-state index in [0.29, 0.717) is 7.41 Å². The monoisotopic (exact) mass is 125 g/mol. The molecule has 0 fully saturated rings. The molecule has 0 spiro atoms. The molecule has 5 nitrogen and oxygen atoms in total. The Labute approximate surface area is 52.0 Å². The van der Waals surface area contributed by atoms with Crippen molar-refractivity contribution in [3.8, 4) is 0 Å². The van der Waals surface area contributed by atoms with Crippen LogP contribution in [0.3, 0.4) is 0 Å². The number of amides is 4. The number of azo groups is 1. The van der Waals surface area contributed by atoms with Gasteiger partial charge in [-0.2, -0.15) is 0 Å². The van der Waals surface area contributed by atoms with Crippen LogP contribution >= 0.6 is 0 Å². The van der Waals surface area contributed by atoms with Crippen molar-refractivity contribution in [2.24, 2.45) is 10.2 Å². The summed E-state index contributed by atoms with van der Waals surface area (Å²) in [6.45, 7) is 1.69. The Hall–Kier alpha value is -1.20. The van der Waals surface area contributed by atoms with Gasteiger partial charge in [0.25, 0.3) is 7.41 Å². The Bertz CT molecular complexity index is 171. The summed E-state index contributed by atoms with van der Waals surface area (Å²) in [5.74, 6) is 0. The second-order valence-electron chi connectivity index (χ2n) is 1.51. The average molecular weight is 125 g/mol. The maximum Gasteiger partial charge on any atom is 0.357 e. The van der Waals surface area contributed by atoms with Crippen LogP contribution in [0.25, 0.3) is 0 Å². The molecule has 0 saturated heterocycles. The summed E-state index contributed by atoms with van der Waals surface area (Å²) in [6, 6.07) is -1.13.